The van der Waals surface area contributed by atoms with Crippen molar-refractivity contribution in [3.63, 3.8) is 0 Å². The molecule has 2 atom stereocenters. The molecule has 0 bridgehead atoms. The van der Waals surface area contributed by atoms with E-state index in [1.165, 1.54) is 167 Å². The van der Waals surface area contributed by atoms with Crippen LogP contribution in [0.5, 0.6) is 0 Å². The highest BCUT2D eigenvalue weighted by molar-refractivity contribution is 5.71. The molecule has 0 aliphatic rings. The van der Waals surface area contributed by atoms with E-state index in [1.54, 1.807) is 0 Å². The van der Waals surface area contributed by atoms with Gasteiger partial charge in [0, 0.05) is 12.8 Å². The second-order valence-electron chi connectivity index (χ2n) is 22.7. The number of unbranched alkanes of at least 4 members (excludes halogenated alkanes) is 30. The van der Waals surface area contributed by atoms with Crippen molar-refractivity contribution in [2.24, 2.45) is 0 Å². The standard InChI is InChI=1S/C69H121NO8/c1-6-8-10-12-14-16-18-20-22-24-26-27-28-29-30-31-32-33-34-35-36-37-38-39-40-41-42-44-46-48-50-52-54-56-58-60-67(72)78-65(64-77-69(68(73)74)75-62-61-70(3,4)5)63-76-66(71)59-57-55-53-51-49-47-45-43-25-23-21-19-17-15-13-11-9-7-2/h8,10,14,16,20,22,26-27,29-30,32-33,35-36,65,69H,6-7,9,11-13,15,17-19,21,23-25,28,31,34,37-64H2,1-5H3/p+1/b10-8-,16-14-,22-20-,27-26-,30-29-,33-32-,36-35-. The first-order chi connectivity index (χ1) is 38.1. The van der Waals surface area contributed by atoms with Crippen LogP contribution >= 0.6 is 0 Å². The molecule has 0 aliphatic heterocycles. The molecule has 2 unspecified atom stereocenters. The van der Waals surface area contributed by atoms with E-state index in [4.69, 9.17) is 18.9 Å². The van der Waals surface area contributed by atoms with E-state index in [9.17, 15) is 19.5 Å². The smallest absolute Gasteiger partial charge is 0.361 e. The molecule has 0 amide bonds. The summed E-state index contributed by atoms with van der Waals surface area (Å²) in [6, 6.07) is 0. The van der Waals surface area contributed by atoms with E-state index in [1.807, 2.05) is 21.1 Å². The normalized spacial score (nSPS) is 13.3. The number of esters is 2. The summed E-state index contributed by atoms with van der Waals surface area (Å²) < 4.78 is 22.9. The number of aliphatic carboxylic acids is 1. The molecule has 0 spiro atoms. The highest BCUT2D eigenvalue weighted by Crippen LogP contribution is 2.17. The number of ether oxygens (including phenoxy) is 4. The number of carbonyl (C=O) groups is 3. The molecule has 0 aromatic carbocycles. The predicted molar refractivity (Wildman–Crippen MR) is 332 cm³/mol. The highest BCUT2D eigenvalue weighted by atomic mass is 16.7. The SMILES string of the molecule is CC/C=C\C/C=C\C/C=C\C/C=C\C/C=C\C/C=C\C/C=C\CCCCCCCCCCCCCCCC(=O)OC(COC(=O)CCCCCCCCCCCCCCCCCCCC)COC(OCC[N+](C)(C)C)C(=O)O. The van der Waals surface area contributed by atoms with Gasteiger partial charge in [-0.2, -0.15) is 0 Å². The van der Waals surface area contributed by atoms with Gasteiger partial charge in [-0.3, -0.25) is 9.59 Å². The van der Waals surface area contributed by atoms with Crippen molar-refractivity contribution < 1.29 is 42.9 Å². The van der Waals surface area contributed by atoms with Gasteiger partial charge >= 0.3 is 17.9 Å². The van der Waals surface area contributed by atoms with Gasteiger partial charge in [0.05, 0.1) is 34.4 Å². The molecule has 9 nitrogen and oxygen atoms in total. The Hall–Kier alpha value is -3.53. The van der Waals surface area contributed by atoms with Crippen LogP contribution in [0.1, 0.15) is 277 Å². The van der Waals surface area contributed by atoms with Crippen LogP contribution in [0.15, 0.2) is 85.1 Å². The van der Waals surface area contributed by atoms with Crippen LogP contribution in [0.2, 0.25) is 0 Å². The third-order valence-corrected chi connectivity index (χ3v) is 13.9. The predicted octanol–water partition coefficient (Wildman–Crippen LogP) is 19.5. The summed E-state index contributed by atoms with van der Waals surface area (Å²) in [6.45, 7) is 4.79. The lowest BCUT2D eigenvalue weighted by Crippen LogP contribution is -2.40. The lowest BCUT2D eigenvalue weighted by Gasteiger charge is -2.25. The number of hydrogen-bond acceptors (Lipinski definition) is 7. The number of nitrogens with zero attached hydrogens (tertiary/aromatic N) is 1. The fourth-order valence-electron chi connectivity index (χ4n) is 9.00. The summed E-state index contributed by atoms with van der Waals surface area (Å²) in [4.78, 5) is 37.5. The van der Waals surface area contributed by atoms with E-state index in [0.717, 1.165) is 83.5 Å². The first kappa shape index (κ1) is 74.5. The number of carboxylic acid groups (broad SMARTS) is 1. The Morgan fingerprint density at radius 1 is 0.397 bits per heavy atom. The Kier molecular flexibility index (Phi) is 56.9. The Morgan fingerprint density at radius 3 is 1.09 bits per heavy atom. The highest BCUT2D eigenvalue weighted by Gasteiger charge is 2.25. The molecule has 0 rings (SSSR count). The molecule has 0 aromatic heterocycles. The number of quaternary nitrogens is 1. The molecular formula is C69H122NO8+. The van der Waals surface area contributed by atoms with Crippen LogP contribution in [0.25, 0.3) is 0 Å². The third kappa shape index (κ3) is 60.1. The molecule has 0 fully saturated rings. The zero-order valence-electron chi connectivity index (χ0n) is 51.3. The van der Waals surface area contributed by atoms with Gasteiger partial charge in [0.1, 0.15) is 13.2 Å². The third-order valence-electron chi connectivity index (χ3n) is 13.9. The monoisotopic (exact) mass is 1090 g/mol. The van der Waals surface area contributed by atoms with Gasteiger partial charge in [0.25, 0.3) is 6.29 Å². The second kappa shape index (κ2) is 59.6. The van der Waals surface area contributed by atoms with Crippen molar-refractivity contribution in [3.05, 3.63) is 85.1 Å². The van der Waals surface area contributed by atoms with Crippen molar-refractivity contribution in [1.29, 1.82) is 0 Å². The average molecular weight is 1090 g/mol. The average Bonchev–Trinajstić information content (AvgIpc) is 3.41. The molecule has 9 heteroatoms. The summed E-state index contributed by atoms with van der Waals surface area (Å²) in [5.74, 6) is -2.00. The van der Waals surface area contributed by atoms with Gasteiger partial charge in [-0.25, -0.2) is 4.79 Å². The van der Waals surface area contributed by atoms with Gasteiger partial charge in [0.15, 0.2) is 6.10 Å². The largest absolute Gasteiger partial charge is 0.477 e. The summed E-state index contributed by atoms with van der Waals surface area (Å²) in [5.41, 5.74) is 0. The number of rotatable bonds is 59. The van der Waals surface area contributed by atoms with Crippen LogP contribution in [0.3, 0.4) is 0 Å². The van der Waals surface area contributed by atoms with Crippen LogP contribution in [-0.4, -0.2) is 87.4 Å². The minimum Gasteiger partial charge on any atom is -0.477 e. The topological polar surface area (TPSA) is 108 Å². The number of hydrogen-bond donors (Lipinski definition) is 1. The fourth-order valence-corrected chi connectivity index (χ4v) is 9.00. The van der Waals surface area contributed by atoms with Crippen LogP contribution in [0, 0.1) is 0 Å². The van der Waals surface area contributed by atoms with E-state index < -0.39 is 24.3 Å². The van der Waals surface area contributed by atoms with Crippen molar-refractivity contribution >= 4 is 17.9 Å². The van der Waals surface area contributed by atoms with Gasteiger partial charge in [-0.05, 0) is 70.6 Å². The summed E-state index contributed by atoms with van der Waals surface area (Å²) >= 11 is 0. The van der Waals surface area contributed by atoms with E-state index in [-0.39, 0.29) is 32.2 Å². The maximum Gasteiger partial charge on any atom is 0.361 e. The van der Waals surface area contributed by atoms with Crippen molar-refractivity contribution in [2.45, 2.75) is 289 Å². The first-order valence-corrected chi connectivity index (χ1v) is 32.3. The van der Waals surface area contributed by atoms with Gasteiger partial charge in [-0.1, -0.05) is 279 Å². The second-order valence-corrected chi connectivity index (χ2v) is 22.7. The molecular weight excluding hydrogens is 971 g/mol. The zero-order chi connectivity index (χ0) is 56.9. The molecule has 0 heterocycles. The van der Waals surface area contributed by atoms with Crippen molar-refractivity contribution in [1.82, 2.24) is 0 Å². The molecule has 450 valence electrons. The molecule has 0 saturated carbocycles. The van der Waals surface area contributed by atoms with E-state index in [0.29, 0.717) is 17.4 Å². The fraction of sp³-hybridized carbons (Fsp3) is 0.754. The van der Waals surface area contributed by atoms with Crippen LogP contribution in [-0.2, 0) is 33.3 Å². The molecule has 1 N–H and O–H groups in total. The molecule has 0 radical (unpaired) electrons. The lowest BCUT2D eigenvalue weighted by atomic mass is 10.0. The molecule has 0 aromatic rings. The van der Waals surface area contributed by atoms with Crippen molar-refractivity contribution in [3.8, 4) is 0 Å². The molecule has 0 aliphatic carbocycles. The Bertz CT molecular complexity index is 1550. The quantitative estimate of drug-likeness (QED) is 0.0211. The number of allylic oxidation sites excluding steroid dienone is 14. The van der Waals surface area contributed by atoms with Crippen LogP contribution < -0.4 is 0 Å². The summed E-state index contributed by atoms with van der Waals surface area (Å²) in [5, 5.41) is 9.72. The minimum atomic E-state index is -1.51. The van der Waals surface area contributed by atoms with Gasteiger partial charge in [0.2, 0.25) is 0 Å². The maximum atomic E-state index is 12.9. The van der Waals surface area contributed by atoms with Gasteiger partial charge in [-0.15, -0.1) is 0 Å². The Labute approximate surface area is 480 Å². The Balaban J connectivity index is 4.13. The minimum absolute atomic E-state index is 0.181. The Morgan fingerprint density at radius 2 is 0.731 bits per heavy atom. The van der Waals surface area contributed by atoms with Gasteiger partial charge < -0.3 is 28.5 Å². The van der Waals surface area contributed by atoms with E-state index >= 15 is 0 Å². The number of likely N-dealkylation sites (N-methyl/N-ethyl adjacent to an activating group) is 1. The zero-order valence-corrected chi connectivity index (χ0v) is 51.3. The first-order valence-electron chi connectivity index (χ1n) is 32.3. The van der Waals surface area contributed by atoms with E-state index in [2.05, 4.69) is 98.9 Å². The molecule has 0 saturated heterocycles. The summed E-state index contributed by atoms with van der Waals surface area (Å²) in [6.07, 6.45) is 76.7. The maximum absolute atomic E-state index is 12.9. The van der Waals surface area contributed by atoms with Crippen LogP contribution in [0.4, 0.5) is 0 Å². The molecule has 78 heavy (non-hydrogen) atoms. The number of carboxylic acids is 1. The lowest BCUT2D eigenvalue weighted by molar-refractivity contribution is -0.870. The summed E-state index contributed by atoms with van der Waals surface area (Å²) in [7, 11) is 5.97. The number of carbonyl (C=O) groups excluding carboxylic acids is 2. The van der Waals surface area contributed by atoms with Crippen molar-refractivity contribution in [2.75, 3.05) is 47.5 Å².